The molecule has 7 heteroatoms. The summed E-state index contributed by atoms with van der Waals surface area (Å²) in [4.78, 5) is 15.2. The number of amides is 1. The van der Waals surface area contributed by atoms with E-state index in [-0.39, 0.29) is 37.3 Å². The van der Waals surface area contributed by atoms with Gasteiger partial charge in [0, 0.05) is 18.3 Å². The van der Waals surface area contributed by atoms with E-state index in [9.17, 15) is 4.79 Å². The Morgan fingerprint density at radius 3 is 2.75 bits per heavy atom. The van der Waals surface area contributed by atoms with Crippen LogP contribution in [0.15, 0.2) is 5.38 Å². The first-order valence-electron chi connectivity index (χ1n) is 4.66. The van der Waals surface area contributed by atoms with Crippen LogP contribution in [0.3, 0.4) is 0 Å². The van der Waals surface area contributed by atoms with Crippen LogP contribution in [0.25, 0.3) is 0 Å². The van der Waals surface area contributed by atoms with Crippen LogP contribution in [0.5, 0.6) is 0 Å². The van der Waals surface area contributed by atoms with Gasteiger partial charge in [0.15, 0.2) is 0 Å². The molecule has 0 unspecified atom stereocenters. The lowest BCUT2D eigenvalue weighted by atomic mass is 10.3. The highest BCUT2D eigenvalue weighted by atomic mass is 35.5. The van der Waals surface area contributed by atoms with Crippen LogP contribution < -0.4 is 11.1 Å². The number of aromatic nitrogens is 1. The number of thiazole rings is 1. The van der Waals surface area contributed by atoms with Gasteiger partial charge < -0.3 is 11.1 Å². The molecule has 16 heavy (non-hydrogen) atoms. The molecule has 1 rings (SSSR count). The van der Waals surface area contributed by atoms with Crippen LogP contribution in [0.4, 0.5) is 0 Å². The first kappa shape index (κ1) is 18.0. The Hall–Kier alpha value is -0.360. The topological polar surface area (TPSA) is 68.0 Å². The van der Waals surface area contributed by atoms with E-state index in [0.717, 1.165) is 23.5 Å². The molecule has 0 aromatic carbocycles. The first-order valence-corrected chi connectivity index (χ1v) is 5.54. The minimum atomic E-state index is -0.115. The Morgan fingerprint density at radius 1 is 1.56 bits per heavy atom. The average Bonchev–Trinajstić information content (AvgIpc) is 2.65. The van der Waals surface area contributed by atoms with E-state index < -0.39 is 0 Å². The fraction of sp³-hybridized carbons (Fsp3) is 0.556. The van der Waals surface area contributed by atoms with Gasteiger partial charge in [-0.2, -0.15) is 0 Å². The molecule has 0 saturated carbocycles. The van der Waals surface area contributed by atoms with Crippen molar-refractivity contribution >= 4 is 42.1 Å². The molecule has 0 aliphatic carbocycles. The second-order valence-corrected chi connectivity index (χ2v) is 3.83. The molecule has 0 spiro atoms. The van der Waals surface area contributed by atoms with Gasteiger partial charge in [-0.05, 0) is 6.42 Å². The second kappa shape index (κ2) is 9.84. The molecule has 1 heterocycles. The van der Waals surface area contributed by atoms with Crippen LogP contribution in [0.1, 0.15) is 17.6 Å². The average molecular weight is 286 g/mol. The molecule has 3 N–H and O–H groups in total. The molecule has 4 nitrogen and oxygen atoms in total. The number of rotatable bonds is 5. The maximum Gasteiger partial charge on any atom is 0.233 e. The van der Waals surface area contributed by atoms with Gasteiger partial charge in [0.2, 0.25) is 5.91 Å². The number of halogens is 2. The molecule has 0 radical (unpaired) electrons. The van der Waals surface area contributed by atoms with Gasteiger partial charge in [0.05, 0.1) is 17.2 Å². The van der Waals surface area contributed by atoms with E-state index in [1.165, 1.54) is 0 Å². The molecule has 1 aromatic heterocycles. The van der Waals surface area contributed by atoms with E-state index in [2.05, 4.69) is 17.2 Å². The summed E-state index contributed by atoms with van der Waals surface area (Å²) in [5.74, 6) is -0.115. The van der Waals surface area contributed by atoms with Crippen LogP contribution in [0, 0.1) is 0 Å². The maximum atomic E-state index is 10.8. The van der Waals surface area contributed by atoms with E-state index in [1.807, 2.05) is 5.38 Å². The quantitative estimate of drug-likeness (QED) is 0.853. The number of carbonyl (C=O) groups is 1. The third-order valence-electron chi connectivity index (χ3n) is 1.79. The van der Waals surface area contributed by atoms with Crippen molar-refractivity contribution in [2.75, 3.05) is 13.1 Å². The zero-order chi connectivity index (χ0) is 10.4. The summed E-state index contributed by atoms with van der Waals surface area (Å²) in [6, 6.07) is 0. The molecule has 0 aliphatic rings. The van der Waals surface area contributed by atoms with Crippen molar-refractivity contribution in [3.8, 4) is 0 Å². The van der Waals surface area contributed by atoms with Gasteiger partial charge in [0.25, 0.3) is 0 Å². The number of hydrogen-bond acceptors (Lipinski definition) is 4. The fourth-order valence-corrected chi connectivity index (χ4v) is 1.81. The van der Waals surface area contributed by atoms with Gasteiger partial charge in [-0.25, -0.2) is 4.98 Å². The number of nitrogens with zero attached hydrogens (tertiary/aromatic N) is 1. The molecular weight excluding hydrogens is 269 g/mol. The Kier molecular flexibility index (Phi) is 11.1. The maximum absolute atomic E-state index is 10.8. The van der Waals surface area contributed by atoms with E-state index in [1.54, 1.807) is 11.3 Å². The molecule has 0 aliphatic heterocycles. The van der Waals surface area contributed by atoms with Gasteiger partial charge in [-0.15, -0.1) is 36.2 Å². The third kappa shape index (κ3) is 6.27. The fourth-order valence-electron chi connectivity index (χ4n) is 1.03. The Morgan fingerprint density at radius 2 is 2.25 bits per heavy atom. The molecule has 0 atom stereocenters. The van der Waals surface area contributed by atoms with Gasteiger partial charge in [-0.1, -0.05) is 6.92 Å². The number of nitrogens with one attached hydrogen (secondary N) is 1. The Bertz CT molecular complexity index is 307. The lowest BCUT2D eigenvalue weighted by Gasteiger charge is -2.00. The van der Waals surface area contributed by atoms with Crippen LogP contribution >= 0.6 is 36.2 Å². The van der Waals surface area contributed by atoms with Gasteiger partial charge in [-0.3, -0.25) is 4.79 Å². The third-order valence-corrected chi connectivity index (χ3v) is 2.83. The van der Waals surface area contributed by atoms with Crippen molar-refractivity contribution in [2.45, 2.75) is 19.8 Å². The molecular formula is C9H17Cl2N3OS. The highest BCUT2D eigenvalue weighted by molar-refractivity contribution is 7.09. The standard InChI is InChI=1S/C9H15N3OS.2ClH/c1-2-9-12-7(6-14-9)3-4-11-8(13)5-10;;/h6H,2-5,10H2,1H3,(H,11,13);2*1H. The largest absolute Gasteiger partial charge is 0.355 e. The lowest BCUT2D eigenvalue weighted by Crippen LogP contribution is -2.31. The van der Waals surface area contributed by atoms with Crippen molar-refractivity contribution in [3.05, 3.63) is 16.1 Å². The summed E-state index contributed by atoms with van der Waals surface area (Å²) >= 11 is 1.67. The number of carbonyl (C=O) groups excluding carboxylic acids is 1. The van der Waals surface area contributed by atoms with Crippen molar-refractivity contribution < 1.29 is 4.79 Å². The molecule has 1 aromatic rings. The molecule has 0 saturated heterocycles. The number of nitrogens with two attached hydrogens (primary N) is 1. The molecule has 0 bridgehead atoms. The zero-order valence-electron chi connectivity index (χ0n) is 9.06. The Balaban J connectivity index is 0. The van der Waals surface area contributed by atoms with Crippen molar-refractivity contribution in [3.63, 3.8) is 0 Å². The monoisotopic (exact) mass is 285 g/mol. The van der Waals surface area contributed by atoms with Crippen molar-refractivity contribution in [1.29, 1.82) is 0 Å². The second-order valence-electron chi connectivity index (χ2n) is 2.89. The minimum absolute atomic E-state index is 0. The van der Waals surface area contributed by atoms with Gasteiger partial charge in [0.1, 0.15) is 0 Å². The Labute approximate surface area is 112 Å². The van der Waals surface area contributed by atoms with E-state index >= 15 is 0 Å². The van der Waals surface area contributed by atoms with Crippen LogP contribution in [-0.2, 0) is 17.6 Å². The molecule has 0 fully saturated rings. The minimum Gasteiger partial charge on any atom is -0.355 e. The highest BCUT2D eigenvalue weighted by Gasteiger charge is 2.01. The molecule has 94 valence electrons. The summed E-state index contributed by atoms with van der Waals surface area (Å²) in [6.07, 6.45) is 1.75. The number of hydrogen-bond donors (Lipinski definition) is 2. The summed E-state index contributed by atoms with van der Waals surface area (Å²) in [7, 11) is 0. The lowest BCUT2D eigenvalue weighted by molar-refractivity contribution is -0.119. The predicted molar refractivity (Wildman–Crippen MR) is 71.8 cm³/mol. The summed E-state index contributed by atoms with van der Waals surface area (Å²) in [5.41, 5.74) is 6.20. The smallest absolute Gasteiger partial charge is 0.233 e. The normalized spacial score (nSPS) is 8.88. The van der Waals surface area contributed by atoms with Crippen molar-refractivity contribution in [2.24, 2.45) is 5.73 Å². The van der Waals surface area contributed by atoms with E-state index in [0.29, 0.717) is 6.54 Å². The summed E-state index contributed by atoms with van der Waals surface area (Å²) in [6.45, 7) is 2.75. The highest BCUT2D eigenvalue weighted by Crippen LogP contribution is 2.09. The SMILES string of the molecule is CCc1nc(CCNC(=O)CN)cs1.Cl.Cl. The zero-order valence-corrected chi connectivity index (χ0v) is 11.5. The summed E-state index contributed by atoms with van der Waals surface area (Å²) < 4.78 is 0. The van der Waals surface area contributed by atoms with Crippen molar-refractivity contribution in [1.82, 2.24) is 10.3 Å². The number of aryl methyl sites for hydroxylation is 1. The van der Waals surface area contributed by atoms with Crippen LogP contribution in [-0.4, -0.2) is 24.0 Å². The first-order chi connectivity index (χ1) is 6.76. The van der Waals surface area contributed by atoms with Gasteiger partial charge >= 0.3 is 0 Å². The summed E-state index contributed by atoms with van der Waals surface area (Å²) in [5, 5.41) is 5.89. The van der Waals surface area contributed by atoms with Crippen LogP contribution in [0.2, 0.25) is 0 Å². The molecule has 1 amide bonds. The predicted octanol–water partition coefficient (Wildman–Crippen LogP) is 1.17. The van der Waals surface area contributed by atoms with E-state index in [4.69, 9.17) is 5.73 Å².